The van der Waals surface area contributed by atoms with Gasteiger partial charge in [-0.05, 0) is 37.3 Å². The lowest BCUT2D eigenvalue weighted by Gasteiger charge is -2.17. The second kappa shape index (κ2) is 8.28. The number of rotatable bonds is 8. The number of primary amides is 1. The van der Waals surface area contributed by atoms with Gasteiger partial charge in [0.25, 0.3) is 0 Å². The van der Waals surface area contributed by atoms with Crippen LogP contribution in [0, 0.1) is 5.92 Å². The highest BCUT2D eigenvalue weighted by molar-refractivity contribution is 7.91. The number of carbonyl (C=O) groups is 2. The Balaban J connectivity index is 1.91. The van der Waals surface area contributed by atoms with Gasteiger partial charge < -0.3 is 11.1 Å². The van der Waals surface area contributed by atoms with Crippen molar-refractivity contribution in [3.05, 3.63) is 30.3 Å². The van der Waals surface area contributed by atoms with Gasteiger partial charge in [0.15, 0.2) is 9.84 Å². The van der Waals surface area contributed by atoms with Gasteiger partial charge in [-0.25, -0.2) is 8.42 Å². The molecule has 0 aromatic heterocycles. The molecule has 0 spiro atoms. The van der Waals surface area contributed by atoms with E-state index in [1.54, 1.807) is 18.2 Å². The van der Waals surface area contributed by atoms with Crippen molar-refractivity contribution in [2.75, 3.05) is 5.75 Å². The molecule has 0 saturated heterocycles. The molecule has 1 saturated carbocycles. The number of nitrogens with one attached hydrogen (secondary N) is 1. The third-order valence-electron chi connectivity index (χ3n) is 4.41. The predicted molar refractivity (Wildman–Crippen MR) is 90.8 cm³/mol. The van der Waals surface area contributed by atoms with E-state index in [2.05, 4.69) is 5.32 Å². The van der Waals surface area contributed by atoms with E-state index < -0.39 is 21.8 Å². The number of carbonyl (C=O) groups excluding carboxylic acids is 2. The number of sulfone groups is 1. The summed E-state index contributed by atoms with van der Waals surface area (Å²) >= 11 is 0. The quantitative estimate of drug-likeness (QED) is 0.737. The Labute approximate surface area is 142 Å². The largest absolute Gasteiger partial charge is 0.368 e. The van der Waals surface area contributed by atoms with Crippen LogP contribution in [0.2, 0.25) is 0 Å². The number of hydrogen-bond acceptors (Lipinski definition) is 4. The topological polar surface area (TPSA) is 106 Å². The Morgan fingerprint density at radius 1 is 1.17 bits per heavy atom. The molecule has 2 amide bonds. The first-order valence-electron chi connectivity index (χ1n) is 8.25. The summed E-state index contributed by atoms with van der Waals surface area (Å²) < 4.78 is 24.5. The van der Waals surface area contributed by atoms with Crippen LogP contribution < -0.4 is 11.1 Å². The van der Waals surface area contributed by atoms with E-state index >= 15 is 0 Å². The van der Waals surface area contributed by atoms with Crippen molar-refractivity contribution in [2.45, 2.75) is 49.5 Å². The molecule has 1 aliphatic rings. The monoisotopic (exact) mass is 352 g/mol. The zero-order valence-electron chi connectivity index (χ0n) is 13.6. The van der Waals surface area contributed by atoms with Crippen molar-refractivity contribution in [1.82, 2.24) is 5.32 Å². The second-order valence-electron chi connectivity index (χ2n) is 6.30. The van der Waals surface area contributed by atoms with Crippen LogP contribution in [0.5, 0.6) is 0 Å². The molecule has 1 atom stereocenters. The van der Waals surface area contributed by atoms with Crippen LogP contribution in [0.1, 0.15) is 38.5 Å². The fourth-order valence-electron chi connectivity index (χ4n) is 3.03. The molecule has 0 heterocycles. The summed E-state index contributed by atoms with van der Waals surface area (Å²) in [4.78, 5) is 23.8. The first kappa shape index (κ1) is 18.4. The van der Waals surface area contributed by atoms with Crippen LogP contribution in [-0.2, 0) is 19.4 Å². The van der Waals surface area contributed by atoms with E-state index in [-0.39, 0.29) is 23.0 Å². The summed E-state index contributed by atoms with van der Waals surface area (Å²) in [5.41, 5.74) is 5.31. The molecule has 6 nitrogen and oxygen atoms in total. The van der Waals surface area contributed by atoms with Gasteiger partial charge in [0.1, 0.15) is 6.04 Å². The summed E-state index contributed by atoms with van der Waals surface area (Å²) in [6.07, 6.45) is 4.66. The molecular weight excluding hydrogens is 328 g/mol. The summed E-state index contributed by atoms with van der Waals surface area (Å²) in [6, 6.07) is 7.07. The molecule has 0 aliphatic heterocycles. The highest BCUT2D eigenvalue weighted by atomic mass is 32.2. The van der Waals surface area contributed by atoms with Crippen LogP contribution in [0.4, 0.5) is 0 Å². The molecular formula is C17H24N2O4S. The summed E-state index contributed by atoms with van der Waals surface area (Å²) in [7, 11) is -3.51. The Kier molecular flexibility index (Phi) is 6.36. The predicted octanol–water partition coefficient (Wildman–Crippen LogP) is 1.40. The van der Waals surface area contributed by atoms with Gasteiger partial charge in [-0.2, -0.15) is 0 Å². The zero-order valence-corrected chi connectivity index (χ0v) is 14.4. The number of benzene rings is 1. The van der Waals surface area contributed by atoms with Crippen molar-refractivity contribution < 1.29 is 18.0 Å². The first-order valence-corrected chi connectivity index (χ1v) is 9.90. The van der Waals surface area contributed by atoms with Gasteiger partial charge in [0, 0.05) is 6.42 Å². The van der Waals surface area contributed by atoms with Crippen molar-refractivity contribution in [1.29, 1.82) is 0 Å². The lowest BCUT2D eigenvalue weighted by molar-refractivity contribution is -0.128. The van der Waals surface area contributed by atoms with Gasteiger partial charge in [-0.15, -0.1) is 0 Å². The Morgan fingerprint density at radius 2 is 1.79 bits per heavy atom. The second-order valence-corrected chi connectivity index (χ2v) is 8.41. The molecule has 0 unspecified atom stereocenters. The van der Waals surface area contributed by atoms with Gasteiger partial charge in [-0.3, -0.25) is 9.59 Å². The molecule has 1 aromatic carbocycles. The molecule has 132 valence electrons. The highest BCUT2D eigenvalue weighted by Crippen LogP contribution is 2.27. The summed E-state index contributed by atoms with van der Waals surface area (Å²) in [6.45, 7) is 0. The minimum Gasteiger partial charge on any atom is -0.368 e. The van der Waals surface area contributed by atoms with E-state index in [0.717, 1.165) is 25.7 Å². The van der Waals surface area contributed by atoms with Crippen LogP contribution in [0.15, 0.2) is 35.2 Å². The molecule has 7 heteroatoms. The van der Waals surface area contributed by atoms with Crippen LogP contribution in [-0.4, -0.2) is 32.0 Å². The van der Waals surface area contributed by atoms with Crippen LogP contribution >= 0.6 is 0 Å². The summed E-state index contributed by atoms with van der Waals surface area (Å²) in [5.74, 6) is -0.832. The van der Waals surface area contributed by atoms with Crippen molar-refractivity contribution in [3.63, 3.8) is 0 Å². The standard InChI is InChI=1S/C17H24N2O4S/c18-17(21)15(19-16(20)12-13-6-4-5-7-13)10-11-24(22,23)14-8-2-1-3-9-14/h1-3,8-9,13,15H,4-7,10-12H2,(H2,18,21)(H,19,20)/t15-/m1/s1. The minimum atomic E-state index is -3.51. The van der Waals surface area contributed by atoms with Crippen molar-refractivity contribution in [2.24, 2.45) is 11.7 Å². The molecule has 24 heavy (non-hydrogen) atoms. The SMILES string of the molecule is NC(=O)[C@@H](CCS(=O)(=O)c1ccccc1)NC(=O)CC1CCCC1. The van der Waals surface area contributed by atoms with Crippen LogP contribution in [0.3, 0.4) is 0 Å². The number of nitrogens with two attached hydrogens (primary N) is 1. The lowest BCUT2D eigenvalue weighted by atomic mass is 10.0. The van der Waals surface area contributed by atoms with Crippen molar-refractivity contribution >= 4 is 21.7 Å². The minimum absolute atomic E-state index is 0.0248. The molecule has 1 fully saturated rings. The average Bonchev–Trinajstić information content (AvgIpc) is 3.05. The maximum atomic E-state index is 12.3. The van der Waals surface area contributed by atoms with Crippen molar-refractivity contribution in [3.8, 4) is 0 Å². The molecule has 2 rings (SSSR count). The smallest absolute Gasteiger partial charge is 0.240 e. The molecule has 1 aromatic rings. The maximum Gasteiger partial charge on any atom is 0.240 e. The number of amides is 2. The Bertz CT molecular complexity index is 667. The average molecular weight is 352 g/mol. The van der Waals surface area contributed by atoms with Gasteiger partial charge in [0.2, 0.25) is 11.8 Å². The normalized spacial score (nSPS) is 16.7. The zero-order chi connectivity index (χ0) is 17.6. The molecule has 0 bridgehead atoms. The van der Waals surface area contributed by atoms with Gasteiger partial charge in [0.05, 0.1) is 10.6 Å². The van der Waals surface area contributed by atoms with E-state index in [0.29, 0.717) is 12.3 Å². The first-order chi connectivity index (χ1) is 11.4. The third-order valence-corrected chi connectivity index (χ3v) is 6.17. The third kappa shape index (κ3) is 5.33. The van der Waals surface area contributed by atoms with Gasteiger partial charge >= 0.3 is 0 Å². The fraction of sp³-hybridized carbons (Fsp3) is 0.529. The lowest BCUT2D eigenvalue weighted by Crippen LogP contribution is -2.45. The molecule has 0 radical (unpaired) electrons. The molecule has 1 aliphatic carbocycles. The van der Waals surface area contributed by atoms with Gasteiger partial charge in [-0.1, -0.05) is 31.0 Å². The van der Waals surface area contributed by atoms with E-state index in [4.69, 9.17) is 5.73 Å². The van der Waals surface area contributed by atoms with E-state index in [9.17, 15) is 18.0 Å². The van der Waals surface area contributed by atoms with Crippen LogP contribution in [0.25, 0.3) is 0 Å². The van der Waals surface area contributed by atoms with E-state index in [1.165, 1.54) is 12.1 Å². The Morgan fingerprint density at radius 3 is 2.38 bits per heavy atom. The maximum absolute atomic E-state index is 12.3. The highest BCUT2D eigenvalue weighted by Gasteiger charge is 2.24. The molecule has 3 N–H and O–H groups in total. The number of hydrogen-bond donors (Lipinski definition) is 2. The summed E-state index contributed by atoms with van der Waals surface area (Å²) in [5, 5.41) is 2.59. The Hall–Kier alpha value is -1.89. The van der Waals surface area contributed by atoms with E-state index in [1.807, 2.05) is 0 Å². The fourth-order valence-corrected chi connectivity index (χ4v) is 4.39.